The molecule has 4 bridgehead atoms. The first-order valence-corrected chi connectivity index (χ1v) is 9.90. The molecule has 0 radical (unpaired) electrons. The van der Waals surface area contributed by atoms with Gasteiger partial charge in [-0.1, -0.05) is 12.2 Å². The van der Waals surface area contributed by atoms with Gasteiger partial charge in [0.15, 0.2) is 0 Å². The molecular weight excluding hydrogens is 344 g/mol. The topological polar surface area (TPSA) is 59.1 Å². The van der Waals surface area contributed by atoms with Crippen molar-refractivity contribution in [3.63, 3.8) is 0 Å². The third-order valence-corrected chi connectivity index (χ3v) is 5.62. The minimum Gasteiger partial charge on any atom is -0.442 e. The lowest BCUT2D eigenvalue weighted by molar-refractivity contribution is -0.0627. The van der Waals surface area contributed by atoms with Gasteiger partial charge in [0.25, 0.3) is 0 Å². The molecule has 0 aromatic heterocycles. The SMILES string of the molecule is CC(C)(C)OC(=O)N1[C@@H]2C[C@@H](C3=C2C[C@@H]2C=C[C@H]3C2)N1C(=O)OC(C)(C)C. The van der Waals surface area contributed by atoms with E-state index < -0.39 is 23.4 Å². The zero-order chi connectivity index (χ0) is 19.7. The Morgan fingerprint density at radius 3 is 2.00 bits per heavy atom. The summed E-state index contributed by atoms with van der Waals surface area (Å²) in [7, 11) is 0. The van der Waals surface area contributed by atoms with E-state index in [0.29, 0.717) is 11.8 Å². The van der Waals surface area contributed by atoms with Crippen LogP contribution in [0.2, 0.25) is 0 Å². The first-order chi connectivity index (χ1) is 12.4. The van der Waals surface area contributed by atoms with Crippen LogP contribution in [0.1, 0.15) is 60.8 Å². The molecule has 148 valence electrons. The highest BCUT2D eigenvalue weighted by Gasteiger charge is 2.58. The molecule has 4 aliphatic rings. The van der Waals surface area contributed by atoms with E-state index in [9.17, 15) is 9.59 Å². The van der Waals surface area contributed by atoms with Crippen LogP contribution < -0.4 is 0 Å². The standard InChI is InChI=1S/C21H30N2O4/c1-20(2,3)26-18(24)22-15-11-16(23(22)19(25)27-21(4,5)6)17-13-8-7-12(9-13)10-14(15)17/h7-8,12-13,15-16H,9-11H2,1-6H3/t12-,13+,15-,16+/m1/s1. The molecule has 4 rings (SSSR count). The Labute approximate surface area is 161 Å². The number of amides is 2. The Bertz CT molecular complexity index is 740. The monoisotopic (exact) mass is 374 g/mol. The van der Waals surface area contributed by atoms with Crippen LogP contribution in [0.15, 0.2) is 23.3 Å². The van der Waals surface area contributed by atoms with Crippen LogP contribution >= 0.6 is 0 Å². The summed E-state index contributed by atoms with van der Waals surface area (Å²) in [5.41, 5.74) is 1.41. The van der Waals surface area contributed by atoms with Gasteiger partial charge in [-0.2, -0.15) is 0 Å². The first kappa shape index (κ1) is 18.4. The summed E-state index contributed by atoms with van der Waals surface area (Å²) in [5, 5.41) is 3.04. The Morgan fingerprint density at radius 1 is 0.889 bits per heavy atom. The van der Waals surface area contributed by atoms with E-state index in [1.54, 1.807) is 0 Å². The second-order valence-corrected chi connectivity index (χ2v) is 10.1. The van der Waals surface area contributed by atoms with Crippen LogP contribution in [0.3, 0.4) is 0 Å². The Morgan fingerprint density at radius 2 is 1.44 bits per heavy atom. The van der Waals surface area contributed by atoms with Crippen molar-refractivity contribution in [2.45, 2.75) is 84.1 Å². The van der Waals surface area contributed by atoms with Gasteiger partial charge in [0.05, 0.1) is 12.1 Å². The molecule has 3 aliphatic carbocycles. The zero-order valence-corrected chi connectivity index (χ0v) is 17.1. The summed E-state index contributed by atoms with van der Waals surface area (Å²) in [5.74, 6) is 0.947. The molecular formula is C21H30N2O4. The predicted molar refractivity (Wildman–Crippen MR) is 101 cm³/mol. The number of ether oxygens (including phenoxy) is 2. The average Bonchev–Trinajstić information content (AvgIpc) is 3.15. The summed E-state index contributed by atoms with van der Waals surface area (Å²) >= 11 is 0. The van der Waals surface area contributed by atoms with E-state index in [1.165, 1.54) is 21.2 Å². The van der Waals surface area contributed by atoms with E-state index in [2.05, 4.69) is 12.2 Å². The highest BCUT2D eigenvalue weighted by atomic mass is 16.6. The van der Waals surface area contributed by atoms with Gasteiger partial charge in [0.2, 0.25) is 0 Å². The molecule has 6 heteroatoms. The van der Waals surface area contributed by atoms with Crippen LogP contribution in [0.5, 0.6) is 0 Å². The number of hydrogen-bond donors (Lipinski definition) is 0. The number of hydrogen-bond acceptors (Lipinski definition) is 4. The fraction of sp³-hybridized carbons (Fsp3) is 0.714. The van der Waals surface area contributed by atoms with Crippen molar-refractivity contribution in [1.29, 1.82) is 0 Å². The summed E-state index contributed by atoms with van der Waals surface area (Å²) in [6.07, 6.45) is 6.47. The van der Waals surface area contributed by atoms with Crippen molar-refractivity contribution in [3.8, 4) is 0 Å². The first-order valence-electron chi connectivity index (χ1n) is 9.90. The normalized spacial score (nSPS) is 31.5. The maximum atomic E-state index is 13.0. The number of nitrogens with zero attached hydrogens (tertiary/aromatic N) is 2. The summed E-state index contributed by atoms with van der Waals surface area (Å²) < 4.78 is 11.3. The maximum Gasteiger partial charge on any atom is 0.430 e. The van der Waals surface area contributed by atoms with Gasteiger partial charge in [0.1, 0.15) is 11.2 Å². The van der Waals surface area contributed by atoms with Gasteiger partial charge in [-0.05, 0) is 71.4 Å². The number of rotatable bonds is 0. The smallest absolute Gasteiger partial charge is 0.430 e. The molecule has 0 N–H and O–H groups in total. The third-order valence-electron chi connectivity index (χ3n) is 5.62. The van der Waals surface area contributed by atoms with Crippen molar-refractivity contribution in [3.05, 3.63) is 23.3 Å². The van der Waals surface area contributed by atoms with Crippen LogP contribution in [0.25, 0.3) is 0 Å². The molecule has 1 saturated heterocycles. The number of hydrazine groups is 1. The quantitative estimate of drug-likeness (QED) is 0.589. The molecule has 6 nitrogen and oxygen atoms in total. The van der Waals surface area contributed by atoms with E-state index in [4.69, 9.17) is 9.47 Å². The molecule has 2 amide bonds. The molecule has 1 aliphatic heterocycles. The minimum atomic E-state index is -0.624. The van der Waals surface area contributed by atoms with Crippen molar-refractivity contribution >= 4 is 12.2 Å². The largest absolute Gasteiger partial charge is 0.442 e. The molecule has 0 unspecified atom stereocenters. The minimum absolute atomic E-state index is 0.0995. The molecule has 0 spiro atoms. The second-order valence-electron chi connectivity index (χ2n) is 10.1. The Kier molecular flexibility index (Phi) is 3.92. The van der Waals surface area contributed by atoms with Gasteiger partial charge >= 0.3 is 12.2 Å². The van der Waals surface area contributed by atoms with Gasteiger partial charge in [-0.15, -0.1) is 0 Å². The lowest BCUT2D eigenvalue weighted by atomic mass is 9.81. The van der Waals surface area contributed by atoms with Gasteiger partial charge in [-0.3, -0.25) is 0 Å². The highest BCUT2D eigenvalue weighted by Crippen LogP contribution is 2.54. The van der Waals surface area contributed by atoms with Gasteiger partial charge in [0, 0.05) is 12.3 Å². The van der Waals surface area contributed by atoms with Gasteiger partial charge in [-0.25, -0.2) is 19.6 Å². The zero-order valence-electron chi connectivity index (χ0n) is 17.1. The molecule has 1 heterocycles. The van der Waals surface area contributed by atoms with Crippen molar-refractivity contribution in [2.75, 3.05) is 0 Å². The molecule has 1 fully saturated rings. The van der Waals surface area contributed by atoms with Crippen LogP contribution in [-0.4, -0.2) is 45.5 Å². The maximum absolute atomic E-state index is 13.0. The number of allylic oxidation sites excluding steroid dienone is 2. The predicted octanol–water partition coefficient (Wildman–Crippen LogP) is 4.42. The van der Waals surface area contributed by atoms with Crippen molar-refractivity contribution in [2.24, 2.45) is 11.8 Å². The lowest BCUT2D eigenvalue weighted by Crippen LogP contribution is -2.57. The Balaban J connectivity index is 1.69. The van der Waals surface area contributed by atoms with E-state index in [-0.39, 0.29) is 12.1 Å². The average molecular weight is 374 g/mol. The van der Waals surface area contributed by atoms with Crippen molar-refractivity contribution < 1.29 is 19.1 Å². The molecule has 0 aromatic carbocycles. The second kappa shape index (κ2) is 5.76. The third kappa shape index (κ3) is 3.13. The molecule has 4 atom stereocenters. The fourth-order valence-electron chi connectivity index (χ4n) is 4.89. The summed E-state index contributed by atoms with van der Waals surface area (Å²) in [6, 6.07) is -0.210. The molecule has 0 saturated carbocycles. The van der Waals surface area contributed by atoms with Crippen LogP contribution in [0.4, 0.5) is 9.59 Å². The van der Waals surface area contributed by atoms with Crippen LogP contribution in [0, 0.1) is 11.8 Å². The summed E-state index contributed by atoms with van der Waals surface area (Å²) in [4.78, 5) is 26.0. The number of carbonyl (C=O) groups excluding carboxylic acids is 2. The van der Waals surface area contributed by atoms with Crippen molar-refractivity contribution in [1.82, 2.24) is 10.0 Å². The Hall–Kier alpha value is -1.98. The van der Waals surface area contributed by atoms with E-state index in [1.807, 2.05) is 41.5 Å². The van der Waals surface area contributed by atoms with E-state index in [0.717, 1.165) is 19.3 Å². The summed E-state index contributed by atoms with van der Waals surface area (Å²) in [6.45, 7) is 11.0. The molecule has 27 heavy (non-hydrogen) atoms. The van der Waals surface area contributed by atoms with Gasteiger partial charge < -0.3 is 9.47 Å². The fourth-order valence-corrected chi connectivity index (χ4v) is 4.89. The highest BCUT2D eigenvalue weighted by molar-refractivity contribution is 5.78. The number of carbonyl (C=O) groups is 2. The van der Waals surface area contributed by atoms with E-state index >= 15 is 0 Å². The molecule has 0 aromatic rings. The number of fused-ring (bicyclic) bond motifs is 7. The lowest BCUT2D eigenvalue weighted by Gasteiger charge is -2.43. The van der Waals surface area contributed by atoms with Crippen LogP contribution in [-0.2, 0) is 9.47 Å².